The summed E-state index contributed by atoms with van der Waals surface area (Å²) in [4.78, 5) is 24.5. The van der Waals surface area contributed by atoms with Crippen LogP contribution in [0.2, 0.25) is 10.0 Å². The van der Waals surface area contributed by atoms with Crippen molar-refractivity contribution in [3.8, 4) is 5.75 Å². The Morgan fingerprint density at radius 3 is 2.13 bits per heavy atom. The quantitative estimate of drug-likeness (QED) is 0.337. The molecule has 46 heavy (non-hydrogen) atoms. The SMILES string of the molecule is CCOc1cc(F)c(S(=O)(=O)N(C)C)cc1C1=NC(c2ccc(Cl)cc2)C(c2ccc(Cl)cc2)N1C(=O)N1CCN(CCO)CC1. The Morgan fingerprint density at radius 2 is 1.59 bits per heavy atom. The maximum absolute atomic E-state index is 15.4. The maximum atomic E-state index is 15.4. The van der Waals surface area contributed by atoms with E-state index in [2.05, 4.69) is 4.90 Å². The second-order valence-corrected chi connectivity index (χ2v) is 14.1. The van der Waals surface area contributed by atoms with Gasteiger partial charge in [0.15, 0.2) is 0 Å². The summed E-state index contributed by atoms with van der Waals surface area (Å²) in [6.07, 6.45) is 0. The highest BCUT2D eigenvalue weighted by atomic mass is 35.5. The molecular formula is C32H36Cl2FN5O5S. The largest absolute Gasteiger partial charge is 0.493 e. The van der Waals surface area contributed by atoms with Crippen LogP contribution in [0.5, 0.6) is 5.75 Å². The lowest BCUT2D eigenvalue weighted by Crippen LogP contribution is -2.54. The van der Waals surface area contributed by atoms with E-state index in [0.29, 0.717) is 42.8 Å². The van der Waals surface area contributed by atoms with Gasteiger partial charge in [0.05, 0.1) is 24.8 Å². The number of amidine groups is 1. The summed E-state index contributed by atoms with van der Waals surface area (Å²) < 4.78 is 48.7. The lowest BCUT2D eigenvalue weighted by Gasteiger charge is -2.39. The number of benzene rings is 3. The third kappa shape index (κ3) is 6.87. The van der Waals surface area contributed by atoms with E-state index in [1.807, 2.05) is 24.3 Å². The number of ether oxygens (including phenoxy) is 1. The minimum absolute atomic E-state index is 0.0151. The minimum atomic E-state index is -4.22. The Bertz CT molecular complexity index is 1700. The molecule has 2 amide bonds. The number of hydrogen-bond acceptors (Lipinski definition) is 7. The fourth-order valence-electron chi connectivity index (χ4n) is 5.69. The van der Waals surface area contributed by atoms with Gasteiger partial charge in [-0.15, -0.1) is 0 Å². The molecule has 0 aliphatic carbocycles. The summed E-state index contributed by atoms with van der Waals surface area (Å²) in [5.74, 6) is -0.796. The van der Waals surface area contributed by atoms with Crippen molar-refractivity contribution in [1.82, 2.24) is 19.0 Å². The van der Waals surface area contributed by atoms with Crippen molar-refractivity contribution in [3.05, 3.63) is 93.2 Å². The van der Waals surface area contributed by atoms with Gasteiger partial charge in [-0.2, -0.15) is 0 Å². The molecule has 0 radical (unpaired) electrons. The topological polar surface area (TPSA) is 106 Å². The van der Waals surface area contributed by atoms with Crippen LogP contribution in [0, 0.1) is 5.82 Å². The average molecular weight is 693 g/mol. The number of β-amino-alcohol motifs (C(OH)–C–C–N with tert-alkyl or cyclic N) is 1. The molecule has 0 saturated carbocycles. The molecule has 0 spiro atoms. The molecule has 1 N–H and O–H groups in total. The van der Waals surface area contributed by atoms with Crippen LogP contribution in [0.15, 0.2) is 70.6 Å². The Labute approximate surface area is 278 Å². The third-order valence-electron chi connectivity index (χ3n) is 8.09. The number of piperazine rings is 1. The molecule has 2 unspecified atom stereocenters. The lowest BCUT2D eigenvalue weighted by molar-refractivity contribution is 0.108. The molecule has 246 valence electrons. The number of hydrogen-bond donors (Lipinski definition) is 1. The summed E-state index contributed by atoms with van der Waals surface area (Å²) in [7, 11) is -1.59. The predicted octanol–water partition coefficient (Wildman–Crippen LogP) is 5.06. The van der Waals surface area contributed by atoms with E-state index in [4.69, 9.17) is 32.9 Å². The number of urea groups is 1. The van der Waals surface area contributed by atoms with Crippen molar-refractivity contribution in [3.63, 3.8) is 0 Å². The molecular weight excluding hydrogens is 656 g/mol. The molecule has 2 aliphatic heterocycles. The molecule has 1 saturated heterocycles. The van der Waals surface area contributed by atoms with Crippen molar-refractivity contribution in [2.45, 2.75) is 23.9 Å². The number of aliphatic imine (C=N–C) groups is 1. The number of carbonyl (C=O) groups is 1. The molecule has 5 rings (SSSR count). The molecule has 0 bridgehead atoms. The Balaban J connectivity index is 1.73. The van der Waals surface area contributed by atoms with E-state index >= 15 is 4.39 Å². The third-order valence-corrected chi connectivity index (χ3v) is 10.4. The zero-order valence-electron chi connectivity index (χ0n) is 25.7. The molecule has 3 aromatic rings. The highest BCUT2D eigenvalue weighted by Gasteiger charge is 2.45. The zero-order valence-corrected chi connectivity index (χ0v) is 28.1. The Kier molecular flexibility index (Phi) is 10.6. The number of sulfonamides is 1. The Hall–Kier alpha value is -3.26. The van der Waals surface area contributed by atoms with Gasteiger partial charge in [0.1, 0.15) is 28.3 Å². The highest BCUT2D eigenvalue weighted by molar-refractivity contribution is 7.89. The first-order chi connectivity index (χ1) is 22.0. The van der Waals surface area contributed by atoms with Crippen LogP contribution in [0.3, 0.4) is 0 Å². The van der Waals surface area contributed by atoms with Crippen molar-refractivity contribution >= 4 is 45.1 Å². The maximum Gasteiger partial charge on any atom is 0.326 e. The first-order valence-electron chi connectivity index (χ1n) is 14.9. The van der Waals surface area contributed by atoms with Gasteiger partial charge in [-0.3, -0.25) is 14.8 Å². The molecule has 2 atom stereocenters. The second kappa shape index (κ2) is 14.2. The molecule has 3 aromatic carbocycles. The van der Waals surface area contributed by atoms with Gasteiger partial charge in [0, 0.05) is 62.9 Å². The Morgan fingerprint density at radius 1 is 1.00 bits per heavy atom. The molecule has 2 heterocycles. The number of amides is 2. The highest BCUT2D eigenvalue weighted by Crippen LogP contribution is 2.46. The van der Waals surface area contributed by atoms with E-state index in [0.717, 1.165) is 21.5 Å². The first kappa shape index (κ1) is 34.1. The van der Waals surface area contributed by atoms with E-state index < -0.39 is 32.8 Å². The summed E-state index contributed by atoms with van der Waals surface area (Å²) in [5.41, 5.74) is 1.65. The summed E-state index contributed by atoms with van der Waals surface area (Å²) in [6.45, 7) is 4.30. The van der Waals surface area contributed by atoms with Gasteiger partial charge in [-0.1, -0.05) is 47.5 Å². The number of carbonyl (C=O) groups excluding carboxylic acids is 1. The van der Waals surface area contributed by atoms with Gasteiger partial charge in [0.25, 0.3) is 0 Å². The van der Waals surface area contributed by atoms with Gasteiger partial charge in [-0.05, 0) is 48.4 Å². The van der Waals surface area contributed by atoms with Gasteiger partial charge >= 0.3 is 6.03 Å². The second-order valence-electron chi connectivity index (χ2n) is 11.1. The average Bonchev–Trinajstić information content (AvgIpc) is 3.42. The smallest absolute Gasteiger partial charge is 0.326 e. The van der Waals surface area contributed by atoms with Crippen LogP contribution < -0.4 is 4.74 Å². The van der Waals surface area contributed by atoms with E-state index in [1.165, 1.54) is 20.2 Å². The monoisotopic (exact) mass is 691 g/mol. The summed E-state index contributed by atoms with van der Waals surface area (Å²) >= 11 is 12.5. The number of nitrogens with zero attached hydrogens (tertiary/aromatic N) is 5. The molecule has 2 aliphatic rings. The van der Waals surface area contributed by atoms with Crippen LogP contribution in [0.1, 0.15) is 35.7 Å². The fourth-order valence-corrected chi connectivity index (χ4v) is 6.91. The van der Waals surface area contributed by atoms with Crippen molar-refractivity contribution in [2.24, 2.45) is 4.99 Å². The molecule has 14 heteroatoms. The van der Waals surface area contributed by atoms with Crippen LogP contribution in [-0.2, 0) is 10.0 Å². The number of aliphatic hydroxyl groups is 1. The normalized spacial score (nSPS) is 19.1. The zero-order chi connectivity index (χ0) is 33.2. The number of rotatable bonds is 9. The van der Waals surface area contributed by atoms with Crippen molar-refractivity contribution in [1.29, 1.82) is 0 Å². The van der Waals surface area contributed by atoms with Crippen molar-refractivity contribution < 1.29 is 27.4 Å². The number of aliphatic hydroxyl groups excluding tert-OH is 1. The first-order valence-corrected chi connectivity index (χ1v) is 17.0. The molecule has 0 aromatic heterocycles. The van der Waals surface area contributed by atoms with Crippen LogP contribution >= 0.6 is 23.2 Å². The van der Waals surface area contributed by atoms with Gasteiger partial charge in [-0.25, -0.2) is 21.9 Å². The van der Waals surface area contributed by atoms with E-state index in [-0.39, 0.29) is 36.4 Å². The van der Waals surface area contributed by atoms with Crippen LogP contribution in [0.25, 0.3) is 0 Å². The minimum Gasteiger partial charge on any atom is -0.493 e. The van der Waals surface area contributed by atoms with Crippen molar-refractivity contribution in [2.75, 3.05) is 60.0 Å². The number of halogens is 3. The van der Waals surface area contributed by atoms with E-state index in [1.54, 1.807) is 41.0 Å². The molecule has 10 nitrogen and oxygen atoms in total. The van der Waals surface area contributed by atoms with Gasteiger partial charge in [0.2, 0.25) is 10.0 Å². The van der Waals surface area contributed by atoms with Crippen LogP contribution in [0.4, 0.5) is 9.18 Å². The summed E-state index contributed by atoms with van der Waals surface area (Å²) in [5, 5.41) is 10.5. The van der Waals surface area contributed by atoms with Crippen LogP contribution in [-0.4, -0.2) is 104 Å². The predicted molar refractivity (Wildman–Crippen MR) is 176 cm³/mol. The standard InChI is InChI=1S/C32H36Cl2FN5O5S/c1-4-45-27-20-26(35)28(46(43,44)37(2)3)19-25(27)31-36-29(21-5-9-23(33)10-6-21)30(22-7-11-24(34)12-8-22)40(31)32(42)39-15-13-38(14-16-39)17-18-41/h5-12,19-20,29-30,41H,4,13-18H2,1-3H3. The van der Waals surface area contributed by atoms with E-state index in [9.17, 15) is 18.3 Å². The van der Waals surface area contributed by atoms with Gasteiger partial charge < -0.3 is 14.7 Å². The summed E-state index contributed by atoms with van der Waals surface area (Å²) in [6, 6.07) is 14.8. The lowest BCUT2D eigenvalue weighted by atomic mass is 9.93. The molecule has 1 fully saturated rings. The fraction of sp³-hybridized carbons (Fsp3) is 0.375.